The first-order chi connectivity index (χ1) is 17.7. The van der Waals surface area contributed by atoms with Crippen molar-refractivity contribution in [3.05, 3.63) is 83.3 Å². The molecule has 0 saturated carbocycles. The first-order valence-corrected chi connectivity index (χ1v) is 12.2. The largest absolute Gasteiger partial charge is 0.417 e. The van der Waals surface area contributed by atoms with Gasteiger partial charge in [-0.05, 0) is 42.5 Å². The first-order valence-electron chi connectivity index (χ1n) is 10.7. The number of pyridine rings is 1. The van der Waals surface area contributed by atoms with Gasteiger partial charge in [-0.3, -0.25) is 9.35 Å². The molecule has 3 N–H and O–H groups in total. The van der Waals surface area contributed by atoms with Crippen molar-refractivity contribution in [2.24, 2.45) is 5.73 Å². The number of carbonyl (C=O) groups is 1. The van der Waals surface area contributed by atoms with Crippen LogP contribution in [0.25, 0.3) is 0 Å². The minimum atomic E-state index is -4.79. The summed E-state index contributed by atoms with van der Waals surface area (Å²) in [4.78, 5) is 18.1. The number of anilines is 2. The minimum absolute atomic E-state index is 0.236. The lowest BCUT2D eigenvalue weighted by Crippen LogP contribution is -2.47. The summed E-state index contributed by atoms with van der Waals surface area (Å²) < 4.78 is 107. The standard InChI is InChI=1S/C15H15F2N3O3S.C8H5F4NO/c16-11-1-3-14(13(17)9-11)19-5-7-20(8-6-19)15-4-2-12(10-18-15)24(21,22)23;9-4-1-2-5(7(13)14)6(3-4)8(10,11)12/h1-4,9-10H,5-8H2,(H,21,22,23);1-3H,(H2,13,14). The van der Waals surface area contributed by atoms with Crippen molar-refractivity contribution >= 4 is 27.5 Å². The monoisotopic (exact) mass is 562 g/mol. The second-order valence-electron chi connectivity index (χ2n) is 7.95. The number of nitrogens with two attached hydrogens (primary N) is 1. The molecule has 0 atom stereocenters. The predicted molar refractivity (Wildman–Crippen MR) is 125 cm³/mol. The van der Waals surface area contributed by atoms with E-state index in [4.69, 9.17) is 10.3 Å². The number of nitrogens with zero attached hydrogens (tertiary/aromatic N) is 3. The van der Waals surface area contributed by atoms with E-state index in [0.29, 0.717) is 43.8 Å². The fraction of sp³-hybridized carbons (Fsp3) is 0.217. The number of piperazine rings is 1. The topological polar surface area (TPSA) is 117 Å². The number of alkyl halides is 3. The summed E-state index contributed by atoms with van der Waals surface area (Å²) >= 11 is 0. The van der Waals surface area contributed by atoms with Gasteiger partial charge < -0.3 is 15.5 Å². The summed E-state index contributed by atoms with van der Waals surface area (Å²) in [6.45, 7) is 2.14. The molecule has 0 bridgehead atoms. The number of carbonyl (C=O) groups excluding carboxylic acids is 1. The van der Waals surface area contributed by atoms with Crippen molar-refractivity contribution in [2.45, 2.75) is 11.1 Å². The van der Waals surface area contributed by atoms with E-state index in [0.717, 1.165) is 18.3 Å². The van der Waals surface area contributed by atoms with Crippen molar-refractivity contribution in [2.75, 3.05) is 36.0 Å². The van der Waals surface area contributed by atoms with Gasteiger partial charge in [-0.1, -0.05) is 0 Å². The molecule has 0 unspecified atom stereocenters. The highest BCUT2D eigenvalue weighted by Crippen LogP contribution is 2.32. The van der Waals surface area contributed by atoms with Crippen LogP contribution in [0.2, 0.25) is 0 Å². The van der Waals surface area contributed by atoms with Crippen LogP contribution in [0.3, 0.4) is 0 Å². The van der Waals surface area contributed by atoms with E-state index >= 15 is 0 Å². The Hall–Kier alpha value is -3.85. The number of rotatable bonds is 4. The molecule has 38 heavy (non-hydrogen) atoms. The Kier molecular flexibility index (Phi) is 8.51. The van der Waals surface area contributed by atoms with Crippen LogP contribution in [0, 0.1) is 17.5 Å². The van der Waals surface area contributed by atoms with Crippen LogP contribution < -0.4 is 15.5 Å². The highest BCUT2D eigenvalue weighted by atomic mass is 32.2. The number of halogens is 6. The van der Waals surface area contributed by atoms with Crippen molar-refractivity contribution < 1.29 is 44.1 Å². The van der Waals surface area contributed by atoms with Gasteiger partial charge in [-0.25, -0.2) is 18.2 Å². The Morgan fingerprint density at radius 1 is 0.895 bits per heavy atom. The maximum atomic E-state index is 13.8. The van der Waals surface area contributed by atoms with E-state index in [2.05, 4.69) is 4.98 Å². The lowest BCUT2D eigenvalue weighted by molar-refractivity contribution is -0.138. The lowest BCUT2D eigenvalue weighted by atomic mass is 10.1. The van der Waals surface area contributed by atoms with E-state index in [1.54, 1.807) is 0 Å². The molecule has 8 nitrogen and oxygen atoms in total. The molecule has 3 aromatic rings. The molecule has 0 spiro atoms. The third-order valence-electron chi connectivity index (χ3n) is 5.43. The lowest BCUT2D eigenvalue weighted by Gasteiger charge is -2.36. The number of hydrogen-bond donors (Lipinski definition) is 2. The summed E-state index contributed by atoms with van der Waals surface area (Å²) in [7, 11) is -4.26. The van der Waals surface area contributed by atoms with E-state index in [1.165, 1.54) is 24.3 Å². The molecule has 2 aromatic carbocycles. The Morgan fingerprint density at radius 2 is 1.47 bits per heavy atom. The van der Waals surface area contributed by atoms with Gasteiger partial charge >= 0.3 is 6.18 Å². The average molecular weight is 562 g/mol. The van der Waals surface area contributed by atoms with Crippen molar-refractivity contribution in [3.8, 4) is 0 Å². The van der Waals surface area contributed by atoms with Crippen molar-refractivity contribution in [1.29, 1.82) is 0 Å². The predicted octanol–water partition coefficient (Wildman–Crippen LogP) is 3.88. The van der Waals surface area contributed by atoms with Gasteiger partial charge in [0.1, 0.15) is 28.2 Å². The molecule has 1 fully saturated rings. The highest BCUT2D eigenvalue weighted by Gasteiger charge is 2.35. The van der Waals surface area contributed by atoms with Gasteiger partial charge in [0, 0.05) is 32.2 Å². The zero-order valence-electron chi connectivity index (χ0n) is 19.3. The molecular formula is C23H20F6N4O4S. The molecule has 4 rings (SSSR count). The maximum absolute atomic E-state index is 13.8. The minimum Gasteiger partial charge on any atom is -0.366 e. The number of hydrogen-bond acceptors (Lipinski definition) is 6. The Morgan fingerprint density at radius 3 is 1.97 bits per heavy atom. The number of primary amides is 1. The molecule has 0 radical (unpaired) electrons. The fourth-order valence-corrected chi connectivity index (χ4v) is 4.02. The van der Waals surface area contributed by atoms with Gasteiger partial charge in [0.2, 0.25) is 5.91 Å². The van der Waals surface area contributed by atoms with Crippen LogP contribution in [-0.2, 0) is 16.3 Å². The maximum Gasteiger partial charge on any atom is 0.417 e. The molecular weight excluding hydrogens is 542 g/mol. The van der Waals surface area contributed by atoms with Gasteiger partial charge in [0.05, 0.1) is 23.0 Å². The van der Waals surface area contributed by atoms with Crippen LogP contribution in [0.4, 0.5) is 37.8 Å². The van der Waals surface area contributed by atoms with Crippen LogP contribution in [0.1, 0.15) is 15.9 Å². The third-order valence-corrected chi connectivity index (χ3v) is 6.26. The van der Waals surface area contributed by atoms with E-state index in [-0.39, 0.29) is 11.0 Å². The Bertz CT molecular complexity index is 1410. The van der Waals surface area contributed by atoms with Crippen LogP contribution in [0.15, 0.2) is 59.6 Å². The van der Waals surface area contributed by atoms with E-state index in [1.807, 2.05) is 9.80 Å². The Labute approximate surface area is 213 Å². The van der Waals surface area contributed by atoms with Crippen LogP contribution >= 0.6 is 0 Å². The number of benzene rings is 2. The van der Waals surface area contributed by atoms with Crippen LogP contribution in [0.5, 0.6) is 0 Å². The molecule has 1 amide bonds. The van der Waals surface area contributed by atoms with Crippen molar-refractivity contribution in [3.63, 3.8) is 0 Å². The van der Waals surface area contributed by atoms with Crippen LogP contribution in [-0.4, -0.2) is 50.0 Å². The molecule has 1 aliphatic rings. The molecule has 204 valence electrons. The molecule has 1 saturated heterocycles. The summed E-state index contributed by atoms with van der Waals surface area (Å²) in [5.74, 6) is -2.95. The normalized spacial score (nSPS) is 14.1. The second kappa shape index (κ2) is 11.3. The fourth-order valence-electron chi connectivity index (χ4n) is 3.59. The zero-order chi connectivity index (χ0) is 28.3. The summed E-state index contributed by atoms with van der Waals surface area (Å²) in [5.41, 5.74) is 2.96. The summed E-state index contributed by atoms with van der Waals surface area (Å²) in [6.07, 6.45) is -3.69. The average Bonchev–Trinajstić information content (AvgIpc) is 2.83. The molecule has 1 aliphatic heterocycles. The van der Waals surface area contributed by atoms with Crippen molar-refractivity contribution in [1.82, 2.24) is 4.98 Å². The molecule has 2 heterocycles. The molecule has 15 heteroatoms. The zero-order valence-corrected chi connectivity index (χ0v) is 20.1. The van der Waals surface area contributed by atoms with Gasteiger partial charge in [-0.2, -0.15) is 21.6 Å². The summed E-state index contributed by atoms with van der Waals surface area (Å²) in [5, 5.41) is 0. The SMILES string of the molecule is NC(=O)c1ccc(F)cc1C(F)(F)F.O=S(=O)(O)c1ccc(N2CCN(c3ccc(F)cc3F)CC2)nc1. The van der Waals surface area contributed by atoms with Gasteiger partial charge in [-0.15, -0.1) is 0 Å². The summed E-state index contributed by atoms with van der Waals surface area (Å²) in [6, 6.07) is 7.98. The second-order valence-corrected chi connectivity index (χ2v) is 9.37. The van der Waals surface area contributed by atoms with E-state index in [9.17, 15) is 39.6 Å². The third kappa shape index (κ3) is 7.13. The number of amides is 1. The Balaban J connectivity index is 0.000000244. The highest BCUT2D eigenvalue weighted by molar-refractivity contribution is 7.85. The molecule has 1 aromatic heterocycles. The first kappa shape index (κ1) is 28.7. The van der Waals surface area contributed by atoms with Gasteiger partial charge in [0.15, 0.2) is 0 Å². The van der Waals surface area contributed by atoms with Gasteiger partial charge in [0.25, 0.3) is 10.1 Å². The molecule has 0 aliphatic carbocycles. The smallest absolute Gasteiger partial charge is 0.366 e. The quantitative estimate of drug-likeness (QED) is 0.366. The van der Waals surface area contributed by atoms with E-state index < -0.39 is 50.8 Å². The number of aromatic nitrogens is 1.